The van der Waals surface area contributed by atoms with Crippen molar-refractivity contribution in [3.8, 4) is 5.75 Å². The number of ether oxygens (including phenoxy) is 2. The maximum Gasteiger partial charge on any atom is 0.191 e. The molecule has 1 aromatic carbocycles. The molecule has 0 aliphatic rings. The standard InChI is InChI=1S/C16H27N3O2/c1-12-9-13(7-8-14(12)20-5)10-18-15(17-4)19-11-16(2,3)21-6/h7-9H,10-11H2,1-6H3,(H2,17,18,19). The van der Waals surface area contributed by atoms with Crippen LogP contribution in [0, 0.1) is 6.92 Å². The minimum absolute atomic E-state index is 0.228. The van der Waals surface area contributed by atoms with Crippen LogP contribution in [0.3, 0.4) is 0 Å². The fraction of sp³-hybridized carbons (Fsp3) is 0.562. The number of hydrogen-bond donors (Lipinski definition) is 2. The van der Waals surface area contributed by atoms with Crippen LogP contribution >= 0.6 is 0 Å². The van der Waals surface area contributed by atoms with Crippen LogP contribution in [0.5, 0.6) is 5.75 Å². The zero-order chi connectivity index (χ0) is 15.9. The molecule has 21 heavy (non-hydrogen) atoms. The molecule has 0 aliphatic carbocycles. The summed E-state index contributed by atoms with van der Waals surface area (Å²) in [6.07, 6.45) is 0. The van der Waals surface area contributed by atoms with Gasteiger partial charge in [0.1, 0.15) is 5.75 Å². The predicted octanol–water partition coefficient (Wildman–Crippen LogP) is 2.09. The van der Waals surface area contributed by atoms with E-state index in [0.717, 1.165) is 17.3 Å². The molecule has 0 amide bonds. The lowest BCUT2D eigenvalue weighted by atomic mass is 10.1. The Kier molecular flexibility index (Phi) is 6.49. The minimum atomic E-state index is -0.228. The largest absolute Gasteiger partial charge is 0.496 e. The molecule has 0 bridgehead atoms. The summed E-state index contributed by atoms with van der Waals surface area (Å²) in [6, 6.07) is 6.14. The van der Waals surface area contributed by atoms with E-state index in [1.54, 1.807) is 21.3 Å². The summed E-state index contributed by atoms with van der Waals surface area (Å²) in [5, 5.41) is 6.55. The van der Waals surface area contributed by atoms with Gasteiger partial charge in [-0.1, -0.05) is 12.1 Å². The highest BCUT2D eigenvalue weighted by molar-refractivity contribution is 5.79. The number of methoxy groups -OCH3 is 2. The predicted molar refractivity (Wildman–Crippen MR) is 87.0 cm³/mol. The van der Waals surface area contributed by atoms with Crippen molar-refractivity contribution in [1.29, 1.82) is 0 Å². The zero-order valence-electron chi connectivity index (χ0n) is 13.9. The first-order valence-corrected chi connectivity index (χ1v) is 7.05. The second-order valence-corrected chi connectivity index (χ2v) is 5.55. The van der Waals surface area contributed by atoms with Gasteiger partial charge in [-0.05, 0) is 38.0 Å². The SMILES string of the molecule is CN=C(NCc1ccc(OC)c(C)c1)NCC(C)(C)OC. The van der Waals surface area contributed by atoms with Gasteiger partial charge in [-0.2, -0.15) is 0 Å². The zero-order valence-corrected chi connectivity index (χ0v) is 13.9. The average molecular weight is 293 g/mol. The second-order valence-electron chi connectivity index (χ2n) is 5.55. The van der Waals surface area contributed by atoms with Crippen LogP contribution in [0.2, 0.25) is 0 Å². The van der Waals surface area contributed by atoms with Crippen LogP contribution in [0.4, 0.5) is 0 Å². The lowest BCUT2D eigenvalue weighted by molar-refractivity contribution is 0.0268. The Balaban J connectivity index is 2.54. The Bertz CT molecular complexity index is 484. The molecule has 0 fully saturated rings. The molecule has 0 radical (unpaired) electrons. The third-order valence-electron chi connectivity index (χ3n) is 3.38. The Hall–Kier alpha value is -1.75. The van der Waals surface area contributed by atoms with Gasteiger partial charge in [-0.3, -0.25) is 4.99 Å². The van der Waals surface area contributed by atoms with Crippen molar-refractivity contribution in [1.82, 2.24) is 10.6 Å². The van der Waals surface area contributed by atoms with Gasteiger partial charge in [0, 0.05) is 27.2 Å². The number of nitrogens with zero attached hydrogens (tertiary/aromatic N) is 1. The van der Waals surface area contributed by atoms with Gasteiger partial charge in [-0.25, -0.2) is 0 Å². The third-order valence-corrected chi connectivity index (χ3v) is 3.38. The van der Waals surface area contributed by atoms with E-state index in [4.69, 9.17) is 9.47 Å². The third kappa shape index (κ3) is 5.63. The molecule has 0 heterocycles. The van der Waals surface area contributed by atoms with Crippen molar-refractivity contribution in [3.63, 3.8) is 0 Å². The highest BCUT2D eigenvalue weighted by atomic mass is 16.5. The van der Waals surface area contributed by atoms with Crippen molar-refractivity contribution in [2.24, 2.45) is 4.99 Å². The molecule has 0 saturated carbocycles. The van der Waals surface area contributed by atoms with Gasteiger partial charge in [0.2, 0.25) is 0 Å². The first kappa shape index (κ1) is 17.3. The van der Waals surface area contributed by atoms with Crippen molar-refractivity contribution in [2.45, 2.75) is 32.9 Å². The van der Waals surface area contributed by atoms with Gasteiger partial charge in [0.05, 0.1) is 12.7 Å². The fourth-order valence-electron chi connectivity index (χ4n) is 1.83. The first-order valence-electron chi connectivity index (χ1n) is 7.05. The maximum atomic E-state index is 5.38. The van der Waals surface area contributed by atoms with Gasteiger partial charge >= 0.3 is 0 Å². The molecular weight excluding hydrogens is 266 g/mol. The molecule has 0 aromatic heterocycles. The van der Waals surface area contributed by atoms with Crippen LogP contribution < -0.4 is 15.4 Å². The van der Waals surface area contributed by atoms with E-state index in [1.165, 1.54) is 5.56 Å². The van der Waals surface area contributed by atoms with E-state index >= 15 is 0 Å². The number of nitrogens with one attached hydrogen (secondary N) is 2. The summed E-state index contributed by atoms with van der Waals surface area (Å²) in [5.74, 6) is 1.66. The van der Waals surface area contributed by atoms with Crippen molar-refractivity contribution >= 4 is 5.96 Å². The summed E-state index contributed by atoms with van der Waals surface area (Å²) in [5.41, 5.74) is 2.08. The average Bonchev–Trinajstić information content (AvgIpc) is 2.47. The molecule has 0 atom stereocenters. The molecule has 2 N–H and O–H groups in total. The summed E-state index contributed by atoms with van der Waals surface area (Å²) in [6.45, 7) is 7.49. The Morgan fingerprint density at radius 3 is 2.48 bits per heavy atom. The topological polar surface area (TPSA) is 54.9 Å². The molecule has 5 heteroatoms. The monoisotopic (exact) mass is 293 g/mol. The van der Waals surface area contributed by atoms with Crippen LogP contribution in [0.15, 0.2) is 23.2 Å². The van der Waals surface area contributed by atoms with E-state index in [-0.39, 0.29) is 5.60 Å². The van der Waals surface area contributed by atoms with Crippen LogP contribution in [-0.2, 0) is 11.3 Å². The van der Waals surface area contributed by atoms with Gasteiger partial charge < -0.3 is 20.1 Å². The molecule has 0 spiro atoms. The van der Waals surface area contributed by atoms with Crippen molar-refractivity contribution < 1.29 is 9.47 Å². The van der Waals surface area contributed by atoms with Gasteiger partial charge in [0.25, 0.3) is 0 Å². The lowest BCUT2D eigenvalue weighted by Crippen LogP contribution is -2.45. The van der Waals surface area contributed by atoms with E-state index in [1.807, 2.05) is 32.9 Å². The molecule has 0 aliphatic heterocycles. The fourth-order valence-corrected chi connectivity index (χ4v) is 1.83. The van der Waals surface area contributed by atoms with Crippen LogP contribution in [-0.4, -0.2) is 39.4 Å². The molecule has 5 nitrogen and oxygen atoms in total. The minimum Gasteiger partial charge on any atom is -0.496 e. The molecule has 0 saturated heterocycles. The van der Waals surface area contributed by atoms with E-state index < -0.39 is 0 Å². The Labute approximate surface area is 127 Å². The van der Waals surface area contributed by atoms with Crippen LogP contribution in [0.25, 0.3) is 0 Å². The Morgan fingerprint density at radius 2 is 1.95 bits per heavy atom. The lowest BCUT2D eigenvalue weighted by Gasteiger charge is -2.24. The van der Waals surface area contributed by atoms with E-state index in [2.05, 4.69) is 21.7 Å². The molecule has 0 unspecified atom stereocenters. The molecule has 1 aromatic rings. The Morgan fingerprint density at radius 1 is 1.24 bits per heavy atom. The second kappa shape index (κ2) is 7.88. The van der Waals surface area contributed by atoms with Crippen LogP contribution in [0.1, 0.15) is 25.0 Å². The number of hydrogen-bond acceptors (Lipinski definition) is 3. The van der Waals surface area contributed by atoms with E-state index in [0.29, 0.717) is 13.1 Å². The number of aliphatic imine (C=N–C) groups is 1. The summed E-state index contributed by atoms with van der Waals surface area (Å²) >= 11 is 0. The molecule has 1 rings (SSSR count). The van der Waals surface area contributed by atoms with Gasteiger partial charge in [-0.15, -0.1) is 0 Å². The van der Waals surface area contributed by atoms with E-state index in [9.17, 15) is 0 Å². The summed E-state index contributed by atoms with van der Waals surface area (Å²) in [7, 11) is 5.15. The maximum absolute atomic E-state index is 5.38. The van der Waals surface area contributed by atoms with Crippen molar-refractivity contribution in [2.75, 3.05) is 27.8 Å². The quantitative estimate of drug-likeness (QED) is 0.623. The number of aryl methyl sites for hydroxylation is 1. The first-order chi connectivity index (χ1) is 9.91. The summed E-state index contributed by atoms with van der Waals surface area (Å²) in [4.78, 5) is 4.21. The smallest absolute Gasteiger partial charge is 0.191 e. The van der Waals surface area contributed by atoms with Crippen molar-refractivity contribution in [3.05, 3.63) is 29.3 Å². The number of guanidine groups is 1. The summed E-state index contributed by atoms with van der Waals surface area (Å²) < 4.78 is 10.6. The van der Waals surface area contributed by atoms with Gasteiger partial charge in [0.15, 0.2) is 5.96 Å². The highest BCUT2D eigenvalue weighted by Crippen LogP contribution is 2.18. The number of benzene rings is 1. The number of rotatable bonds is 6. The highest BCUT2D eigenvalue weighted by Gasteiger charge is 2.16. The normalized spacial score (nSPS) is 12.2. The molecular formula is C16H27N3O2. The molecule has 118 valence electrons.